The van der Waals surface area contributed by atoms with E-state index in [4.69, 9.17) is 4.74 Å². The molecule has 0 radical (unpaired) electrons. The smallest absolute Gasteiger partial charge is 0.329 e. The topological polar surface area (TPSA) is 68.5 Å². The molecule has 1 aromatic heterocycles. The maximum Gasteiger partial charge on any atom is 0.329 e. The molecule has 1 saturated heterocycles. The lowest BCUT2D eigenvalue weighted by molar-refractivity contribution is -0.122. The van der Waals surface area contributed by atoms with Gasteiger partial charge in [0.2, 0.25) is 5.91 Å². The molecule has 0 unspecified atom stereocenters. The van der Waals surface area contributed by atoms with Gasteiger partial charge in [0.25, 0.3) is 0 Å². The van der Waals surface area contributed by atoms with Crippen molar-refractivity contribution in [2.24, 2.45) is 0 Å². The van der Waals surface area contributed by atoms with Crippen LogP contribution in [0.4, 0.5) is 0 Å². The van der Waals surface area contributed by atoms with Gasteiger partial charge in [0.15, 0.2) is 0 Å². The number of benzene rings is 1. The Labute approximate surface area is 153 Å². The number of aryl methyl sites for hydroxylation is 1. The molecule has 1 aromatic carbocycles. The van der Waals surface area contributed by atoms with Crippen molar-refractivity contribution in [3.63, 3.8) is 0 Å². The number of nitrogens with zero attached hydrogens (tertiary/aromatic N) is 3. The van der Waals surface area contributed by atoms with Crippen LogP contribution in [0.5, 0.6) is 0 Å². The second-order valence-corrected chi connectivity index (χ2v) is 6.89. The van der Waals surface area contributed by atoms with Gasteiger partial charge in [-0.2, -0.15) is 0 Å². The van der Waals surface area contributed by atoms with Crippen LogP contribution in [0.15, 0.2) is 29.1 Å². The minimum Gasteiger partial charge on any atom is -0.379 e. The van der Waals surface area contributed by atoms with Crippen molar-refractivity contribution in [3.8, 4) is 0 Å². The highest BCUT2D eigenvalue weighted by Gasteiger charge is 2.18. The zero-order valence-electron chi connectivity index (χ0n) is 15.6. The molecule has 1 aliphatic rings. The molecule has 2 heterocycles. The first-order valence-electron chi connectivity index (χ1n) is 9.37. The second-order valence-electron chi connectivity index (χ2n) is 6.89. The lowest BCUT2D eigenvalue weighted by Crippen LogP contribution is -2.47. The third kappa shape index (κ3) is 4.16. The Morgan fingerprint density at radius 1 is 1.19 bits per heavy atom. The van der Waals surface area contributed by atoms with E-state index in [0.717, 1.165) is 50.3 Å². The van der Waals surface area contributed by atoms with Crippen LogP contribution in [0, 0.1) is 0 Å². The van der Waals surface area contributed by atoms with Crippen molar-refractivity contribution in [2.45, 2.75) is 39.4 Å². The normalized spacial score (nSPS) is 16.7. The van der Waals surface area contributed by atoms with Crippen LogP contribution < -0.4 is 11.0 Å². The maximum atomic E-state index is 12.7. The number of hydrogen-bond donors (Lipinski definition) is 1. The summed E-state index contributed by atoms with van der Waals surface area (Å²) in [5.41, 5.74) is 1.57. The highest BCUT2D eigenvalue weighted by atomic mass is 16.5. The number of rotatable bonds is 7. The van der Waals surface area contributed by atoms with Crippen LogP contribution >= 0.6 is 0 Å². The van der Waals surface area contributed by atoms with E-state index in [-0.39, 0.29) is 24.2 Å². The van der Waals surface area contributed by atoms with E-state index < -0.39 is 0 Å². The van der Waals surface area contributed by atoms with Gasteiger partial charge in [-0.15, -0.1) is 0 Å². The fraction of sp³-hybridized carbons (Fsp3) is 0.579. The third-order valence-corrected chi connectivity index (χ3v) is 4.72. The fourth-order valence-electron chi connectivity index (χ4n) is 3.55. The minimum absolute atomic E-state index is 0.0280. The Balaban J connectivity index is 1.69. The standard InChI is InChI=1S/C19H28N4O3/c1-3-8-22-16-6-4-5-7-17(16)23(19(22)25)14-18(24)20-15(2)13-21-9-11-26-12-10-21/h4-7,15H,3,8-14H2,1-2H3,(H,20,24)/t15-/m0/s1. The molecular formula is C19H28N4O3. The number of morpholine rings is 1. The van der Waals surface area contributed by atoms with E-state index in [1.54, 1.807) is 9.13 Å². The average Bonchev–Trinajstić information content (AvgIpc) is 2.89. The third-order valence-electron chi connectivity index (χ3n) is 4.72. The first-order chi connectivity index (χ1) is 12.6. The highest BCUT2D eigenvalue weighted by Crippen LogP contribution is 2.13. The predicted octanol–water partition coefficient (Wildman–Crippen LogP) is 1.05. The molecule has 0 aliphatic carbocycles. The number of nitrogens with one attached hydrogen (secondary N) is 1. The summed E-state index contributed by atoms with van der Waals surface area (Å²) in [6.45, 7) is 8.80. The quantitative estimate of drug-likeness (QED) is 0.801. The number of carbonyl (C=O) groups excluding carboxylic acids is 1. The average molecular weight is 360 g/mol. The SMILES string of the molecule is CCCn1c(=O)n(CC(=O)N[C@@H](C)CN2CCOCC2)c2ccccc21. The Morgan fingerprint density at radius 3 is 2.50 bits per heavy atom. The molecule has 7 heteroatoms. The van der Waals surface area contributed by atoms with E-state index in [9.17, 15) is 9.59 Å². The van der Waals surface area contributed by atoms with Gasteiger partial charge in [-0.3, -0.25) is 18.8 Å². The van der Waals surface area contributed by atoms with Gasteiger partial charge in [0.1, 0.15) is 6.54 Å². The molecular weight excluding hydrogens is 332 g/mol. The van der Waals surface area contributed by atoms with Crippen LogP contribution in [0.2, 0.25) is 0 Å². The van der Waals surface area contributed by atoms with Gasteiger partial charge in [-0.1, -0.05) is 19.1 Å². The summed E-state index contributed by atoms with van der Waals surface area (Å²) < 4.78 is 8.67. The zero-order valence-corrected chi connectivity index (χ0v) is 15.6. The summed E-state index contributed by atoms with van der Waals surface area (Å²) in [6.07, 6.45) is 0.872. The Kier molecular flexibility index (Phi) is 6.11. The number of ether oxygens (including phenoxy) is 1. The van der Waals surface area contributed by atoms with Gasteiger partial charge in [-0.05, 0) is 25.5 Å². The summed E-state index contributed by atoms with van der Waals surface area (Å²) in [5, 5.41) is 3.02. The first-order valence-corrected chi connectivity index (χ1v) is 9.37. The monoisotopic (exact) mass is 360 g/mol. The van der Waals surface area contributed by atoms with E-state index in [0.29, 0.717) is 6.54 Å². The number of carbonyl (C=O) groups is 1. The molecule has 3 rings (SSSR count). The van der Waals surface area contributed by atoms with Gasteiger partial charge >= 0.3 is 5.69 Å². The summed E-state index contributed by atoms with van der Waals surface area (Å²) in [5.74, 6) is -0.132. The Bertz CT molecular complexity index is 805. The Hall–Kier alpha value is -2.12. The number of para-hydroxylation sites is 2. The molecule has 1 aliphatic heterocycles. The van der Waals surface area contributed by atoms with E-state index in [1.807, 2.05) is 38.1 Å². The van der Waals surface area contributed by atoms with Crippen molar-refractivity contribution in [3.05, 3.63) is 34.7 Å². The van der Waals surface area contributed by atoms with Crippen LogP contribution in [0.1, 0.15) is 20.3 Å². The van der Waals surface area contributed by atoms with Gasteiger partial charge in [0.05, 0.1) is 24.2 Å². The van der Waals surface area contributed by atoms with Crippen molar-refractivity contribution < 1.29 is 9.53 Å². The van der Waals surface area contributed by atoms with E-state index >= 15 is 0 Å². The zero-order chi connectivity index (χ0) is 18.5. The van der Waals surface area contributed by atoms with Crippen LogP contribution in [0.3, 0.4) is 0 Å². The molecule has 7 nitrogen and oxygen atoms in total. The molecule has 2 aromatic rings. The van der Waals surface area contributed by atoms with Crippen LogP contribution in [0.25, 0.3) is 11.0 Å². The van der Waals surface area contributed by atoms with E-state index in [1.165, 1.54) is 0 Å². The van der Waals surface area contributed by atoms with Gasteiger partial charge < -0.3 is 10.1 Å². The van der Waals surface area contributed by atoms with Crippen molar-refractivity contribution in [1.82, 2.24) is 19.4 Å². The number of amides is 1. The van der Waals surface area contributed by atoms with Gasteiger partial charge in [0, 0.05) is 32.2 Å². The molecule has 26 heavy (non-hydrogen) atoms. The largest absolute Gasteiger partial charge is 0.379 e. The predicted molar refractivity (Wildman–Crippen MR) is 101 cm³/mol. The molecule has 0 bridgehead atoms. The van der Waals surface area contributed by atoms with Gasteiger partial charge in [-0.25, -0.2) is 4.79 Å². The summed E-state index contributed by atoms with van der Waals surface area (Å²) in [4.78, 5) is 27.5. The second kappa shape index (κ2) is 8.51. The number of imidazole rings is 1. The Morgan fingerprint density at radius 2 is 1.85 bits per heavy atom. The fourth-order valence-corrected chi connectivity index (χ4v) is 3.55. The molecule has 142 valence electrons. The summed E-state index contributed by atoms with van der Waals surface area (Å²) >= 11 is 0. The minimum atomic E-state index is -0.132. The summed E-state index contributed by atoms with van der Waals surface area (Å²) in [7, 11) is 0. The maximum absolute atomic E-state index is 12.7. The van der Waals surface area contributed by atoms with Crippen molar-refractivity contribution in [2.75, 3.05) is 32.8 Å². The molecule has 0 spiro atoms. The number of aromatic nitrogens is 2. The molecule has 1 amide bonds. The van der Waals surface area contributed by atoms with Crippen LogP contribution in [-0.4, -0.2) is 58.8 Å². The molecule has 1 fully saturated rings. The van der Waals surface area contributed by atoms with E-state index in [2.05, 4.69) is 10.2 Å². The molecule has 1 N–H and O–H groups in total. The highest BCUT2D eigenvalue weighted by molar-refractivity contribution is 5.81. The van der Waals surface area contributed by atoms with Crippen molar-refractivity contribution >= 4 is 16.9 Å². The molecule has 1 atom stereocenters. The summed E-state index contributed by atoms with van der Waals surface area (Å²) in [6, 6.07) is 7.67. The lowest BCUT2D eigenvalue weighted by atomic mass is 10.2. The lowest BCUT2D eigenvalue weighted by Gasteiger charge is -2.29. The number of fused-ring (bicyclic) bond motifs is 1. The number of hydrogen-bond acceptors (Lipinski definition) is 4. The first kappa shape index (κ1) is 18.7. The molecule has 0 saturated carbocycles. The van der Waals surface area contributed by atoms with Crippen molar-refractivity contribution in [1.29, 1.82) is 0 Å². The van der Waals surface area contributed by atoms with Crippen LogP contribution in [-0.2, 0) is 22.6 Å².